The Balaban J connectivity index is 2.65. The van der Waals surface area contributed by atoms with Gasteiger partial charge in [0.2, 0.25) is 0 Å². The van der Waals surface area contributed by atoms with Crippen molar-refractivity contribution in [3.63, 3.8) is 0 Å². The molecule has 0 bridgehead atoms. The molecule has 1 saturated carbocycles. The van der Waals surface area contributed by atoms with E-state index in [9.17, 15) is 9.90 Å². The van der Waals surface area contributed by atoms with Gasteiger partial charge >= 0.3 is 6.09 Å². The summed E-state index contributed by atoms with van der Waals surface area (Å²) in [7, 11) is 1.71. The van der Waals surface area contributed by atoms with E-state index in [0.717, 1.165) is 19.3 Å². The zero-order valence-corrected chi connectivity index (χ0v) is 10.7. The van der Waals surface area contributed by atoms with Crippen molar-refractivity contribution < 1.29 is 14.6 Å². The minimum absolute atomic E-state index is 0.226. The normalized spacial score (nSPS) is 25.8. The van der Waals surface area contributed by atoms with Gasteiger partial charge in [0.05, 0.1) is 6.10 Å². The van der Waals surface area contributed by atoms with Crippen LogP contribution in [-0.2, 0) is 4.74 Å². The first kappa shape index (κ1) is 13.3. The lowest BCUT2D eigenvalue weighted by Crippen LogP contribution is -2.48. The number of methoxy groups -OCH3 is 1. The van der Waals surface area contributed by atoms with E-state index in [1.165, 1.54) is 4.90 Å². The third-order valence-electron chi connectivity index (χ3n) is 3.35. The lowest BCUT2D eigenvalue weighted by atomic mass is 10.0. The van der Waals surface area contributed by atoms with Crippen LogP contribution >= 0.6 is 0 Å². The molecule has 1 fully saturated rings. The predicted octanol–water partition coefficient (Wildman–Crippen LogP) is 2.58. The molecule has 4 heteroatoms. The molecule has 94 valence electrons. The standard InChI is InChI=1S/C12H23NO3/c1-12(2,3)13(11(14)15)8-9-6-5-7-10(9)16-4/h9-10H,5-8H2,1-4H3,(H,14,15)/t9-,10-/m0/s1. The van der Waals surface area contributed by atoms with Crippen LogP contribution in [0.2, 0.25) is 0 Å². The predicted molar refractivity (Wildman–Crippen MR) is 62.6 cm³/mol. The molecule has 4 nitrogen and oxygen atoms in total. The summed E-state index contributed by atoms with van der Waals surface area (Å²) in [4.78, 5) is 12.7. The minimum atomic E-state index is -0.839. The average Bonchev–Trinajstić information content (AvgIpc) is 2.58. The largest absolute Gasteiger partial charge is 0.465 e. The fourth-order valence-electron chi connectivity index (χ4n) is 2.40. The van der Waals surface area contributed by atoms with E-state index < -0.39 is 6.09 Å². The summed E-state index contributed by atoms with van der Waals surface area (Å²) >= 11 is 0. The number of rotatable bonds is 3. The second-order valence-electron chi connectivity index (χ2n) is 5.53. The van der Waals surface area contributed by atoms with Gasteiger partial charge in [0.25, 0.3) is 0 Å². The van der Waals surface area contributed by atoms with Crippen molar-refractivity contribution in [2.24, 2.45) is 5.92 Å². The number of ether oxygens (including phenoxy) is 1. The SMILES string of the molecule is CO[C@H]1CCC[C@H]1CN(C(=O)O)C(C)(C)C. The molecule has 0 heterocycles. The molecule has 0 aromatic carbocycles. The Morgan fingerprint density at radius 1 is 1.44 bits per heavy atom. The maximum Gasteiger partial charge on any atom is 0.407 e. The van der Waals surface area contributed by atoms with Crippen molar-refractivity contribution >= 4 is 6.09 Å². The molecule has 2 atom stereocenters. The second-order valence-corrected chi connectivity index (χ2v) is 5.53. The van der Waals surface area contributed by atoms with E-state index in [1.54, 1.807) is 7.11 Å². The van der Waals surface area contributed by atoms with Crippen molar-refractivity contribution in [2.45, 2.75) is 51.7 Å². The van der Waals surface area contributed by atoms with Crippen LogP contribution in [-0.4, -0.2) is 41.4 Å². The second kappa shape index (κ2) is 5.04. The highest BCUT2D eigenvalue weighted by Gasteiger charge is 2.34. The summed E-state index contributed by atoms with van der Waals surface area (Å²) in [6.07, 6.45) is 2.65. The molecule has 0 radical (unpaired) electrons. The quantitative estimate of drug-likeness (QED) is 0.809. The van der Waals surface area contributed by atoms with Crippen molar-refractivity contribution in [1.29, 1.82) is 0 Å². The van der Waals surface area contributed by atoms with Gasteiger partial charge in [0.1, 0.15) is 0 Å². The zero-order valence-electron chi connectivity index (χ0n) is 10.7. The molecule has 1 aliphatic carbocycles. The van der Waals surface area contributed by atoms with Crippen LogP contribution in [0.3, 0.4) is 0 Å². The van der Waals surface area contributed by atoms with Gasteiger partial charge in [-0.25, -0.2) is 4.79 Å². The van der Waals surface area contributed by atoms with Crippen LogP contribution in [0.1, 0.15) is 40.0 Å². The highest BCUT2D eigenvalue weighted by Crippen LogP contribution is 2.30. The van der Waals surface area contributed by atoms with Gasteiger partial charge in [0, 0.05) is 25.1 Å². The number of hydrogen-bond donors (Lipinski definition) is 1. The highest BCUT2D eigenvalue weighted by molar-refractivity contribution is 5.66. The number of amides is 1. The molecule has 0 aromatic heterocycles. The highest BCUT2D eigenvalue weighted by atomic mass is 16.5. The van der Waals surface area contributed by atoms with Crippen LogP contribution in [0, 0.1) is 5.92 Å². The van der Waals surface area contributed by atoms with Gasteiger partial charge in [0.15, 0.2) is 0 Å². The molecule has 1 rings (SSSR count). The summed E-state index contributed by atoms with van der Waals surface area (Å²) in [5, 5.41) is 9.21. The van der Waals surface area contributed by atoms with E-state index in [-0.39, 0.29) is 11.6 Å². The topological polar surface area (TPSA) is 49.8 Å². The summed E-state index contributed by atoms with van der Waals surface area (Å²) in [6.45, 7) is 6.37. The molecule has 0 unspecified atom stereocenters. The lowest BCUT2D eigenvalue weighted by molar-refractivity contribution is 0.0356. The third-order valence-corrected chi connectivity index (χ3v) is 3.35. The smallest absolute Gasteiger partial charge is 0.407 e. The summed E-state index contributed by atoms with van der Waals surface area (Å²) in [5.41, 5.74) is -0.341. The Bertz CT molecular complexity index is 247. The Hall–Kier alpha value is -0.770. The Morgan fingerprint density at radius 2 is 2.06 bits per heavy atom. The van der Waals surface area contributed by atoms with E-state index >= 15 is 0 Å². The molecule has 1 aliphatic rings. The Kier molecular flexibility index (Phi) is 4.19. The number of hydrogen-bond acceptors (Lipinski definition) is 2. The molecule has 0 aliphatic heterocycles. The number of carboxylic acid groups (broad SMARTS) is 1. The van der Waals surface area contributed by atoms with E-state index in [0.29, 0.717) is 12.5 Å². The zero-order chi connectivity index (χ0) is 12.3. The summed E-state index contributed by atoms with van der Waals surface area (Å²) < 4.78 is 5.40. The van der Waals surface area contributed by atoms with Gasteiger partial charge in [-0.15, -0.1) is 0 Å². The van der Waals surface area contributed by atoms with Crippen molar-refractivity contribution in [3.05, 3.63) is 0 Å². The molecule has 0 spiro atoms. The summed E-state index contributed by atoms with van der Waals surface area (Å²) in [6, 6.07) is 0. The van der Waals surface area contributed by atoms with Crippen LogP contribution in [0.25, 0.3) is 0 Å². The molecule has 16 heavy (non-hydrogen) atoms. The van der Waals surface area contributed by atoms with Crippen LogP contribution in [0.4, 0.5) is 4.79 Å². The average molecular weight is 229 g/mol. The maximum atomic E-state index is 11.2. The Labute approximate surface area is 97.6 Å². The molecule has 1 amide bonds. The van der Waals surface area contributed by atoms with Crippen molar-refractivity contribution in [3.8, 4) is 0 Å². The first-order valence-electron chi connectivity index (χ1n) is 5.89. The van der Waals surface area contributed by atoms with Crippen LogP contribution in [0.5, 0.6) is 0 Å². The first-order valence-corrected chi connectivity index (χ1v) is 5.89. The number of nitrogens with zero attached hydrogens (tertiary/aromatic N) is 1. The Morgan fingerprint density at radius 3 is 2.50 bits per heavy atom. The molecular weight excluding hydrogens is 206 g/mol. The van der Waals surface area contributed by atoms with Gasteiger partial charge < -0.3 is 14.7 Å². The fourth-order valence-corrected chi connectivity index (χ4v) is 2.40. The summed E-state index contributed by atoms with van der Waals surface area (Å²) in [5.74, 6) is 0.348. The first-order chi connectivity index (χ1) is 7.36. The van der Waals surface area contributed by atoms with Crippen molar-refractivity contribution in [2.75, 3.05) is 13.7 Å². The van der Waals surface area contributed by atoms with Crippen molar-refractivity contribution in [1.82, 2.24) is 4.90 Å². The van der Waals surface area contributed by atoms with Gasteiger partial charge in [-0.2, -0.15) is 0 Å². The fraction of sp³-hybridized carbons (Fsp3) is 0.917. The minimum Gasteiger partial charge on any atom is -0.465 e. The van der Waals surface area contributed by atoms with Crippen LogP contribution < -0.4 is 0 Å². The van der Waals surface area contributed by atoms with Gasteiger partial charge in [-0.3, -0.25) is 0 Å². The monoisotopic (exact) mass is 229 g/mol. The third kappa shape index (κ3) is 3.11. The maximum absolute atomic E-state index is 11.2. The number of carbonyl (C=O) groups is 1. The van der Waals surface area contributed by atoms with E-state index in [1.807, 2.05) is 20.8 Å². The molecular formula is C12H23NO3. The molecule has 0 saturated heterocycles. The van der Waals surface area contributed by atoms with E-state index in [4.69, 9.17) is 4.74 Å². The lowest BCUT2D eigenvalue weighted by Gasteiger charge is -2.36. The van der Waals surface area contributed by atoms with E-state index in [2.05, 4.69) is 0 Å². The van der Waals surface area contributed by atoms with Gasteiger partial charge in [-0.1, -0.05) is 6.42 Å². The van der Waals surface area contributed by atoms with Crippen LogP contribution in [0.15, 0.2) is 0 Å². The molecule has 0 aromatic rings. The van der Waals surface area contributed by atoms with Gasteiger partial charge in [-0.05, 0) is 33.6 Å². The molecule has 1 N–H and O–H groups in total.